The summed E-state index contributed by atoms with van der Waals surface area (Å²) in [4.78, 5) is 4.51. The van der Waals surface area contributed by atoms with E-state index in [9.17, 15) is 0 Å². The highest BCUT2D eigenvalue weighted by molar-refractivity contribution is 9.10. The molecule has 0 aliphatic heterocycles. The number of hydrogen-bond acceptors (Lipinski definition) is 3. The number of oxazole rings is 1. The molecule has 1 heterocycles. The molecule has 4 heteroatoms. The molecule has 0 saturated heterocycles. The Morgan fingerprint density at radius 1 is 1.11 bits per heavy atom. The molecule has 0 aliphatic rings. The van der Waals surface area contributed by atoms with Crippen molar-refractivity contribution in [1.82, 2.24) is 4.98 Å². The molecule has 3 nitrogen and oxygen atoms in total. The normalized spacial score (nSPS) is 11.1. The summed E-state index contributed by atoms with van der Waals surface area (Å²) in [6.07, 6.45) is 0. The first-order valence-electron chi connectivity index (χ1n) is 5.98. The Morgan fingerprint density at radius 2 is 1.89 bits per heavy atom. The number of aryl methyl sites for hydroxylation is 2. The van der Waals surface area contributed by atoms with Crippen molar-refractivity contribution in [2.24, 2.45) is 0 Å². The number of rotatable bonds is 1. The summed E-state index contributed by atoms with van der Waals surface area (Å²) in [6, 6.07) is 9.76. The summed E-state index contributed by atoms with van der Waals surface area (Å²) in [5.74, 6) is 0.624. The molecular formula is C15H13BrN2O. The Kier molecular flexibility index (Phi) is 2.82. The fraction of sp³-hybridized carbons (Fsp3) is 0.133. The van der Waals surface area contributed by atoms with Crippen LogP contribution in [0.2, 0.25) is 0 Å². The van der Waals surface area contributed by atoms with E-state index in [0.717, 1.165) is 32.3 Å². The van der Waals surface area contributed by atoms with Crippen LogP contribution in [0.5, 0.6) is 0 Å². The molecule has 0 fully saturated rings. The van der Waals surface area contributed by atoms with Crippen LogP contribution in [0.15, 0.2) is 39.2 Å². The average molecular weight is 317 g/mol. The lowest BCUT2D eigenvalue weighted by atomic mass is 10.1. The van der Waals surface area contributed by atoms with Gasteiger partial charge in [0.1, 0.15) is 5.52 Å². The van der Waals surface area contributed by atoms with Crippen LogP contribution < -0.4 is 5.73 Å². The van der Waals surface area contributed by atoms with Gasteiger partial charge in [0.25, 0.3) is 0 Å². The largest absolute Gasteiger partial charge is 0.436 e. The molecular weight excluding hydrogens is 304 g/mol. The van der Waals surface area contributed by atoms with E-state index in [1.54, 1.807) is 0 Å². The maximum atomic E-state index is 5.85. The van der Waals surface area contributed by atoms with E-state index in [-0.39, 0.29) is 0 Å². The number of nitrogens with zero attached hydrogens (tertiary/aromatic N) is 1. The fourth-order valence-electron chi connectivity index (χ4n) is 2.13. The molecule has 96 valence electrons. The van der Waals surface area contributed by atoms with E-state index in [4.69, 9.17) is 10.2 Å². The van der Waals surface area contributed by atoms with Crippen molar-refractivity contribution < 1.29 is 4.42 Å². The van der Waals surface area contributed by atoms with Gasteiger partial charge in [0.15, 0.2) is 5.58 Å². The maximum absolute atomic E-state index is 5.85. The molecule has 0 radical (unpaired) electrons. The number of halogens is 1. The summed E-state index contributed by atoms with van der Waals surface area (Å²) in [5.41, 5.74) is 11.2. The van der Waals surface area contributed by atoms with Crippen molar-refractivity contribution in [3.8, 4) is 11.5 Å². The lowest BCUT2D eigenvalue weighted by Gasteiger charge is -2.00. The topological polar surface area (TPSA) is 52.0 Å². The van der Waals surface area contributed by atoms with Gasteiger partial charge in [-0.05, 0) is 55.3 Å². The van der Waals surface area contributed by atoms with Crippen LogP contribution in [0.3, 0.4) is 0 Å². The highest BCUT2D eigenvalue weighted by Crippen LogP contribution is 2.30. The predicted octanol–water partition coefficient (Wildman–Crippen LogP) is 4.46. The minimum atomic E-state index is 0.624. The summed E-state index contributed by atoms with van der Waals surface area (Å²) in [7, 11) is 0. The zero-order valence-corrected chi connectivity index (χ0v) is 12.3. The van der Waals surface area contributed by atoms with Crippen LogP contribution in [0.1, 0.15) is 11.1 Å². The monoisotopic (exact) mass is 316 g/mol. The summed E-state index contributed by atoms with van der Waals surface area (Å²) in [6.45, 7) is 4.01. The lowest BCUT2D eigenvalue weighted by molar-refractivity contribution is 0.617. The molecule has 2 aromatic carbocycles. The van der Waals surface area contributed by atoms with E-state index >= 15 is 0 Å². The van der Waals surface area contributed by atoms with Gasteiger partial charge in [-0.3, -0.25) is 0 Å². The number of anilines is 1. The molecule has 2 N–H and O–H groups in total. The molecule has 0 spiro atoms. The number of aromatic nitrogens is 1. The van der Waals surface area contributed by atoms with Crippen molar-refractivity contribution in [3.63, 3.8) is 0 Å². The van der Waals surface area contributed by atoms with Gasteiger partial charge >= 0.3 is 0 Å². The second kappa shape index (κ2) is 4.38. The molecule has 0 atom stereocenters. The predicted molar refractivity (Wildman–Crippen MR) is 81.0 cm³/mol. The van der Waals surface area contributed by atoms with E-state index in [2.05, 4.69) is 20.9 Å². The molecule has 0 bridgehead atoms. The molecule has 19 heavy (non-hydrogen) atoms. The SMILES string of the molecule is Cc1cc(-c2nc3cc(N)cc(C)c3o2)ccc1Br. The minimum absolute atomic E-state index is 0.624. The van der Waals surface area contributed by atoms with Gasteiger partial charge < -0.3 is 10.2 Å². The van der Waals surface area contributed by atoms with E-state index in [0.29, 0.717) is 11.6 Å². The minimum Gasteiger partial charge on any atom is -0.436 e. The van der Waals surface area contributed by atoms with Gasteiger partial charge in [-0.15, -0.1) is 0 Å². The van der Waals surface area contributed by atoms with Crippen LogP contribution in [-0.2, 0) is 0 Å². The van der Waals surface area contributed by atoms with Crippen molar-refractivity contribution in [3.05, 3.63) is 45.9 Å². The number of fused-ring (bicyclic) bond motifs is 1. The lowest BCUT2D eigenvalue weighted by Crippen LogP contribution is -1.85. The van der Waals surface area contributed by atoms with Gasteiger partial charge in [-0.2, -0.15) is 0 Å². The Bertz CT molecular complexity index is 777. The summed E-state index contributed by atoms with van der Waals surface area (Å²) < 4.78 is 6.93. The van der Waals surface area contributed by atoms with E-state index in [1.165, 1.54) is 0 Å². The average Bonchev–Trinajstić information content (AvgIpc) is 2.76. The second-order valence-corrected chi connectivity index (χ2v) is 5.52. The zero-order chi connectivity index (χ0) is 13.6. The number of hydrogen-bond donors (Lipinski definition) is 1. The number of nitrogens with two attached hydrogens (primary N) is 1. The van der Waals surface area contributed by atoms with Gasteiger partial charge in [0, 0.05) is 15.7 Å². The molecule has 3 aromatic rings. The van der Waals surface area contributed by atoms with Crippen LogP contribution in [0.25, 0.3) is 22.6 Å². The third-order valence-electron chi connectivity index (χ3n) is 3.10. The third-order valence-corrected chi connectivity index (χ3v) is 3.99. The van der Waals surface area contributed by atoms with Crippen LogP contribution in [-0.4, -0.2) is 4.98 Å². The molecule has 3 rings (SSSR count). The first-order valence-corrected chi connectivity index (χ1v) is 6.77. The van der Waals surface area contributed by atoms with Crippen LogP contribution >= 0.6 is 15.9 Å². The standard InChI is InChI=1S/C15H13BrN2O/c1-8-5-10(3-4-12(8)16)15-18-13-7-11(17)6-9(2)14(13)19-15/h3-7H,17H2,1-2H3. The van der Waals surface area contributed by atoms with E-state index < -0.39 is 0 Å². The van der Waals surface area contributed by atoms with Crippen molar-refractivity contribution in [2.75, 3.05) is 5.73 Å². The smallest absolute Gasteiger partial charge is 0.227 e. The Balaban J connectivity index is 2.20. The van der Waals surface area contributed by atoms with Gasteiger partial charge in [-0.25, -0.2) is 4.98 Å². The van der Waals surface area contributed by atoms with Gasteiger partial charge in [0.05, 0.1) is 0 Å². The summed E-state index contributed by atoms with van der Waals surface area (Å²) >= 11 is 3.49. The van der Waals surface area contributed by atoms with Gasteiger partial charge in [0.2, 0.25) is 5.89 Å². The van der Waals surface area contributed by atoms with Crippen molar-refractivity contribution >= 4 is 32.7 Å². The first kappa shape index (κ1) is 12.2. The molecule has 0 amide bonds. The quantitative estimate of drug-likeness (QED) is 0.674. The Morgan fingerprint density at radius 3 is 2.63 bits per heavy atom. The molecule has 0 aliphatic carbocycles. The fourth-order valence-corrected chi connectivity index (χ4v) is 2.38. The number of benzene rings is 2. The maximum Gasteiger partial charge on any atom is 0.227 e. The molecule has 0 saturated carbocycles. The van der Waals surface area contributed by atoms with Crippen LogP contribution in [0, 0.1) is 13.8 Å². The Labute approximate surface area is 119 Å². The zero-order valence-electron chi connectivity index (χ0n) is 10.7. The number of nitrogen functional groups attached to an aromatic ring is 1. The van der Waals surface area contributed by atoms with Gasteiger partial charge in [-0.1, -0.05) is 15.9 Å². The van der Waals surface area contributed by atoms with Crippen molar-refractivity contribution in [1.29, 1.82) is 0 Å². The molecule has 1 aromatic heterocycles. The summed E-state index contributed by atoms with van der Waals surface area (Å²) in [5, 5.41) is 0. The van der Waals surface area contributed by atoms with Crippen LogP contribution in [0.4, 0.5) is 5.69 Å². The highest BCUT2D eigenvalue weighted by Gasteiger charge is 2.11. The van der Waals surface area contributed by atoms with E-state index in [1.807, 2.05) is 44.2 Å². The highest BCUT2D eigenvalue weighted by atomic mass is 79.9. The Hall–Kier alpha value is -1.81. The van der Waals surface area contributed by atoms with Crippen molar-refractivity contribution in [2.45, 2.75) is 13.8 Å². The second-order valence-electron chi connectivity index (χ2n) is 4.67. The molecule has 0 unspecified atom stereocenters. The first-order chi connectivity index (χ1) is 9.04. The third kappa shape index (κ3) is 2.12.